The van der Waals surface area contributed by atoms with Crippen LogP contribution in [0.25, 0.3) is 0 Å². The van der Waals surface area contributed by atoms with E-state index in [9.17, 15) is 4.79 Å². The first-order valence-electron chi connectivity index (χ1n) is 7.87. The van der Waals surface area contributed by atoms with Gasteiger partial charge in [0.1, 0.15) is 6.29 Å². The average molecular weight is 274 g/mol. The van der Waals surface area contributed by atoms with E-state index in [0.717, 1.165) is 38.4 Å². The van der Waals surface area contributed by atoms with Gasteiger partial charge in [-0.25, -0.2) is 0 Å². The maximum atomic E-state index is 10.8. The minimum Gasteiger partial charge on any atom is -0.374 e. The van der Waals surface area contributed by atoms with Crippen LogP contribution < -0.4 is 0 Å². The van der Waals surface area contributed by atoms with Crippen LogP contribution in [0.4, 0.5) is 0 Å². The lowest BCUT2D eigenvalue weighted by Crippen LogP contribution is -2.25. The monoisotopic (exact) mass is 274 g/mol. The van der Waals surface area contributed by atoms with Crippen LogP contribution in [0.5, 0.6) is 0 Å². The molecule has 2 nitrogen and oxygen atoms in total. The van der Waals surface area contributed by atoms with E-state index in [1.54, 1.807) is 0 Å². The highest BCUT2D eigenvalue weighted by atomic mass is 16.5. The van der Waals surface area contributed by atoms with Gasteiger partial charge < -0.3 is 9.53 Å². The maximum absolute atomic E-state index is 10.8. The van der Waals surface area contributed by atoms with Crippen molar-refractivity contribution in [2.24, 2.45) is 11.8 Å². The molecule has 0 N–H and O–H groups in total. The molecule has 1 aliphatic rings. The fourth-order valence-corrected chi connectivity index (χ4v) is 2.98. The molecule has 2 rings (SSSR count). The van der Waals surface area contributed by atoms with Crippen LogP contribution in [0.1, 0.15) is 50.7 Å². The Kier molecular flexibility index (Phi) is 5.78. The van der Waals surface area contributed by atoms with E-state index in [2.05, 4.69) is 31.2 Å². The Bertz CT molecular complexity index is 402. The summed E-state index contributed by atoms with van der Waals surface area (Å²) >= 11 is 0. The number of rotatable bonds is 6. The average Bonchev–Trinajstić information content (AvgIpc) is 2.53. The Morgan fingerprint density at radius 2 is 1.75 bits per heavy atom. The molecule has 1 aliphatic carbocycles. The number of ether oxygens (including phenoxy) is 1. The van der Waals surface area contributed by atoms with Crippen molar-refractivity contribution in [2.75, 3.05) is 0 Å². The lowest BCUT2D eigenvalue weighted by molar-refractivity contribution is -0.112. The number of aldehydes is 1. The van der Waals surface area contributed by atoms with Crippen molar-refractivity contribution in [3.05, 3.63) is 35.4 Å². The van der Waals surface area contributed by atoms with Crippen LogP contribution in [0.15, 0.2) is 24.3 Å². The second-order valence-electron chi connectivity index (χ2n) is 6.01. The van der Waals surface area contributed by atoms with Crippen LogP contribution in [0.3, 0.4) is 0 Å². The summed E-state index contributed by atoms with van der Waals surface area (Å²) in [7, 11) is 0. The van der Waals surface area contributed by atoms with Crippen molar-refractivity contribution in [3.8, 4) is 0 Å². The highest BCUT2D eigenvalue weighted by Gasteiger charge is 2.25. The first kappa shape index (κ1) is 15.2. The molecule has 1 aromatic rings. The normalized spacial score (nSPS) is 24.3. The van der Waals surface area contributed by atoms with Crippen molar-refractivity contribution in [1.82, 2.24) is 0 Å². The zero-order valence-corrected chi connectivity index (χ0v) is 12.7. The summed E-state index contributed by atoms with van der Waals surface area (Å²) in [5.41, 5.74) is 2.63. The van der Waals surface area contributed by atoms with Crippen molar-refractivity contribution in [1.29, 1.82) is 0 Å². The first-order chi connectivity index (χ1) is 9.72. The van der Waals surface area contributed by atoms with Crippen molar-refractivity contribution < 1.29 is 9.53 Å². The second-order valence-corrected chi connectivity index (χ2v) is 6.01. The highest BCUT2D eigenvalue weighted by molar-refractivity contribution is 5.53. The Balaban J connectivity index is 1.74. The van der Waals surface area contributed by atoms with Gasteiger partial charge >= 0.3 is 0 Å². The summed E-state index contributed by atoms with van der Waals surface area (Å²) in [6.45, 7) is 4.92. The molecule has 1 aromatic carbocycles. The van der Waals surface area contributed by atoms with Crippen LogP contribution in [0.2, 0.25) is 0 Å². The SMILES string of the molecule is CCc1ccc(COC2CCC(C(C)C=O)CC2)cc1. The lowest BCUT2D eigenvalue weighted by Gasteiger charge is -2.30. The van der Waals surface area contributed by atoms with Gasteiger partial charge in [0.15, 0.2) is 0 Å². The fourth-order valence-electron chi connectivity index (χ4n) is 2.98. The molecule has 110 valence electrons. The van der Waals surface area contributed by atoms with E-state index < -0.39 is 0 Å². The van der Waals surface area contributed by atoms with Crippen LogP contribution in [-0.4, -0.2) is 12.4 Å². The maximum Gasteiger partial charge on any atom is 0.123 e. The van der Waals surface area contributed by atoms with E-state index in [1.807, 2.05) is 6.92 Å². The molecule has 1 saturated carbocycles. The minimum atomic E-state index is 0.206. The molecule has 20 heavy (non-hydrogen) atoms. The number of hydrogen-bond donors (Lipinski definition) is 0. The Labute approximate surface area is 122 Å². The van der Waals surface area contributed by atoms with Crippen LogP contribution in [0, 0.1) is 11.8 Å². The molecular formula is C18H26O2. The Morgan fingerprint density at radius 1 is 1.15 bits per heavy atom. The second kappa shape index (κ2) is 7.58. The summed E-state index contributed by atoms with van der Waals surface area (Å²) in [5.74, 6) is 0.772. The van der Waals surface area contributed by atoms with Crippen LogP contribution >= 0.6 is 0 Å². The smallest absolute Gasteiger partial charge is 0.123 e. The molecule has 1 unspecified atom stereocenters. The van der Waals surface area contributed by atoms with Crippen molar-refractivity contribution >= 4 is 6.29 Å². The fraction of sp³-hybridized carbons (Fsp3) is 0.611. The quantitative estimate of drug-likeness (QED) is 0.728. The zero-order valence-electron chi connectivity index (χ0n) is 12.7. The number of carbonyl (C=O) groups excluding carboxylic acids is 1. The van der Waals surface area contributed by atoms with Gasteiger partial charge in [0, 0.05) is 5.92 Å². The molecule has 0 saturated heterocycles. The van der Waals surface area contributed by atoms with Gasteiger partial charge in [-0.2, -0.15) is 0 Å². The molecule has 0 spiro atoms. The first-order valence-corrected chi connectivity index (χ1v) is 7.87. The summed E-state index contributed by atoms with van der Waals surface area (Å²) in [6, 6.07) is 8.70. The van der Waals surface area contributed by atoms with E-state index in [4.69, 9.17) is 4.74 Å². The molecule has 0 aromatic heterocycles. The Hall–Kier alpha value is -1.15. The molecule has 1 atom stereocenters. The number of hydrogen-bond acceptors (Lipinski definition) is 2. The molecule has 1 fully saturated rings. The molecule has 0 aliphatic heterocycles. The van der Waals surface area contributed by atoms with E-state index in [0.29, 0.717) is 18.6 Å². The minimum absolute atomic E-state index is 0.206. The third-order valence-corrected chi connectivity index (χ3v) is 4.59. The third-order valence-electron chi connectivity index (χ3n) is 4.59. The predicted octanol–water partition coefficient (Wildman–Crippen LogP) is 4.16. The van der Waals surface area contributed by atoms with Crippen molar-refractivity contribution in [3.63, 3.8) is 0 Å². The molecule has 0 heterocycles. The van der Waals surface area contributed by atoms with Crippen molar-refractivity contribution in [2.45, 2.75) is 58.7 Å². The van der Waals surface area contributed by atoms with Gasteiger partial charge in [0.05, 0.1) is 12.7 Å². The summed E-state index contributed by atoms with van der Waals surface area (Å²) in [6.07, 6.45) is 6.99. The third kappa shape index (κ3) is 4.17. The molecular weight excluding hydrogens is 248 g/mol. The van der Waals surface area contributed by atoms with E-state index in [-0.39, 0.29) is 5.92 Å². The summed E-state index contributed by atoms with van der Waals surface area (Å²) in [5, 5.41) is 0. The lowest BCUT2D eigenvalue weighted by atomic mass is 9.80. The largest absolute Gasteiger partial charge is 0.374 e. The van der Waals surface area contributed by atoms with Crippen LogP contribution in [-0.2, 0) is 22.6 Å². The molecule has 0 radical (unpaired) electrons. The standard InChI is InChI=1S/C18H26O2/c1-3-15-4-6-16(7-5-15)13-20-18-10-8-17(9-11-18)14(2)12-19/h4-7,12,14,17-18H,3,8-11,13H2,1-2H3. The topological polar surface area (TPSA) is 26.3 Å². The van der Waals surface area contributed by atoms with Gasteiger partial charge in [0.2, 0.25) is 0 Å². The summed E-state index contributed by atoms with van der Waals surface area (Å²) in [4.78, 5) is 10.8. The number of benzene rings is 1. The zero-order chi connectivity index (χ0) is 14.4. The van der Waals surface area contributed by atoms with Gasteiger partial charge in [-0.05, 0) is 49.1 Å². The van der Waals surface area contributed by atoms with Gasteiger partial charge in [0.25, 0.3) is 0 Å². The van der Waals surface area contributed by atoms with Gasteiger partial charge in [-0.3, -0.25) is 0 Å². The molecule has 2 heteroatoms. The summed E-state index contributed by atoms with van der Waals surface area (Å²) < 4.78 is 6.02. The van der Waals surface area contributed by atoms with E-state index in [1.165, 1.54) is 11.1 Å². The van der Waals surface area contributed by atoms with Gasteiger partial charge in [-0.15, -0.1) is 0 Å². The predicted molar refractivity (Wildman–Crippen MR) is 81.6 cm³/mol. The van der Waals surface area contributed by atoms with E-state index >= 15 is 0 Å². The highest BCUT2D eigenvalue weighted by Crippen LogP contribution is 2.31. The van der Waals surface area contributed by atoms with Gasteiger partial charge in [-0.1, -0.05) is 38.1 Å². The Morgan fingerprint density at radius 3 is 2.30 bits per heavy atom. The number of aryl methyl sites for hydroxylation is 1. The molecule has 0 amide bonds. The molecule has 0 bridgehead atoms. The number of carbonyl (C=O) groups is 1.